The maximum absolute atomic E-state index is 12.1. The van der Waals surface area contributed by atoms with Crippen LogP contribution in [0.5, 0.6) is 5.75 Å². The Morgan fingerprint density at radius 3 is 2.62 bits per heavy atom. The third kappa shape index (κ3) is 3.63. The molecule has 1 amide bonds. The SMILES string of the molecule is COc1ccc(CNC(=O)Cc2cc3ccccc3oc2=O)cc1. The Labute approximate surface area is 138 Å². The fourth-order valence-corrected chi connectivity index (χ4v) is 2.41. The highest BCUT2D eigenvalue weighted by atomic mass is 16.5. The number of carbonyl (C=O) groups is 1. The second-order valence-electron chi connectivity index (χ2n) is 5.40. The Bertz CT molecular complexity index is 913. The standard InChI is InChI=1S/C19H17NO4/c1-23-16-8-6-13(7-9-16)12-20-18(21)11-15-10-14-4-2-3-5-17(14)24-19(15)22/h2-10H,11-12H2,1H3,(H,20,21). The smallest absolute Gasteiger partial charge is 0.339 e. The van der Waals surface area contributed by atoms with Gasteiger partial charge < -0.3 is 14.5 Å². The fourth-order valence-electron chi connectivity index (χ4n) is 2.41. The largest absolute Gasteiger partial charge is 0.497 e. The molecular formula is C19H17NO4. The number of hydrogen-bond acceptors (Lipinski definition) is 4. The van der Waals surface area contributed by atoms with Crippen molar-refractivity contribution >= 4 is 16.9 Å². The van der Waals surface area contributed by atoms with Gasteiger partial charge in [0.1, 0.15) is 11.3 Å². The lowest BCUT2D eigenvalue weighted by Gasteiger charge is -2.06. The highest BCUT2D eigenvalue weighted by molar-refractivity contribution is 5.81. The molecule has 0 fully saturated rings. The zero-order chi connectivity index (χ0) is 16.9. The summed E-state index contributed by atoms with van der Waals surface area (Å²) in [5, 5.41) is 3.60. The van der Waals surface area contributed by atoms with Crippen LogP contribution < -0.4 is 15.7 Å². The van der Waals surface area contributed by atoms with Gasteiger partial charge in [0.15, 0.2) is 0 Å². The summed E-state index contributed by atoms with van der Waals surface area (Å²) in [7, 11) is 1.60. The van der Waals surface area contributed by atoms with E-state index in [0.717, 1.165) is 16.7 Å². The minimum atomic E-state index is -0.478. The summed E-state index contributed by atoms with van der Waals surface area (Å²) < 4.78 is 10.3. The van der Waals surface area contributed by atoms with Crippen LogP contribution >= 0.6 is 0 Å². The van der Waals surface area contributed by atoms with Crippen molar-refractivity contribution in [2.24, 2.45) is 0 Å². The van der Waals surface area contributed by atoms with Crippen molar-refractivity contribution in [1.82, 2.24) is 5.32 Å². The average molecular weight is 323 g/mol. The van der Waals surface area contributed by atoms with Gasteiger partial charge >= 0.3 is 5.63 Å². The number of methoxy groups -OCH3 is 1. The van der Waals surface area contributed by atoms with E-state index >= 15 is 0 Å². The molecular weight excluding hydrogens is 306 g/mol. The van der Waals surface area contributed by atoms with Gasteiger partial charge in [0.25, 0.3) is 0 Å². The molecule has 0 saturated heterocycles. The number of rotatable bonds is 5. The molecule has 0 aliphatic rings. The average Bonchev–Trinajstić information content (AvgIpc) is 2.61. The van der Waals surface area contributed by atoms with E-state index < -0.39 is 5.63 Å². The minimum absolute atomic E-state index is 0.0106. The number of para-hydroxylation sites is 1. The van der Waals surface area contributed by atoms with E-state index in [2.05, 4.69) is 5.32 Å². The Hall–Kier alpha value is -3.08. The lowest BCUT2D eigenvalue weighted by molar-refractivity contribution is -0.120. The van der Waals surface area contributed by atoms with Gasteiger partial charge in [0.05, 0.1) is 13.5 Å². The molecule has 0 aliphatic carbocycles. The zero-order valence-corrected chi connectivity index (χ0v) is 13.2. The molecule has 122 valence electrons. The molecule has 3 rings (SSSR count). The van der Waals surface area contributed by atoms with E-state index in [1.54, 1.807) is 25.3 Å². The van der Waals surface area contributed by atoms with Gasteiger partial charge in [-0.05, 0) is 29.8 Å². The van der Waals surface area contributed by atoms with Gasteiger partial charge in [-0.25, -0.2) is 4.79 Å². The summed E-state index contributed by atoms with van der Waals surface area (Å²) in [6.07, 6.45) is -0.0106. The first-order valence-corrected chi connectivity index (χ1v) is 7.57. The van der Waals surface area contributed by atoms with Gasteiger partial charge in [-0.3, -0.25) is 4.79 Å². The van der Waals surface area contributed by atoms with Gasteiger partial charge in [-0.1, -0.05) is 30.3 Å². The number of fused-ring (bicyclic) bond motifs is 1. The lowest BCUT2D eigenvalue weighted by Crippen LogP contribution is -2.26. The van der Waals surface area contributed by atoms with E-state index in [1.165, 1.54) is 0 Å². The molecule has 1 aromatic heterocycles. The minimum Gasteiger partial charge on any atom is -0.497 e. The van der Waals surface area contributed by atoms with Gasteiger partial charge in [0.2, 0.25) is 5.91 Å². The molecule has 1 N–H and O–H groups in total. The van der Waals surface area contributed by atoms with E-state index in [0.29, 0.717) is 17.7 Å². The molecule has 0 aliphatic heterocycles. The first kappa shape index (κ1) is 15.8. The first-order valence-electron chi connectivity index (χ1n) is 7.57. The lowest BCUT2D eigenvalue weighted by atomic mass is 10.1. The summed E-state index contributed by atoms with van der Waals surface area (Å²) in [6.45, 7) is 0.391. The maximum atomic E-state index is 12.1. The predicted octanol–water partition coefficient (Wildman–Crippen LogP) is 2.66. The molecule has 0 bridgehead atoms. The van der Waals surface area contributed by atoms with Crippen LogP contribution in [0.3, 0.4) is 0 Å². The molecule has 5 nitrogen and oxygen atoms in total. The van der Waals surface area contributed by atoms with Crippen LogP contribution in [-0.2, 0) is 17.8 Å². The van der Waals surface area contributed by atoms with Crippen molar-refractivity contribution in [3.63, 3.8) is 0 Å². The van der Waals surface area contributed by atoms with E-state index in [-0.39, 0.29) is 12.3 Å². The Morgan fingerprint density at radius 2 is 1.88 bits per heavy atom. The Balaban J connectivity index is 1.66. The highest BCUT2D eigenvalue weighted by Crippen LogP contribution is 2.13. The molecule has 0 unspecified atom stereocenters. The Morgan fingerprint density at radius 1 is 1.12 bits per heavy atom. The second kappa shape index (κ2) is 7.00. The summed E-state index contributed by atoms with van der Waals surface area (Å²) in [6, 6.07) is 16.4. The quantitative estimate of drug-likeness (QED) is 0.733. The molecule has 5 heteroatoms. The van der Waals surface area contributed by atoms with Crippen LogP contribution in [0.25, 0.3) is 11.0 Å². The normalized spacial score (nSPS) is 10.5. The van der Waals surface area contributed by atoms with Crippen LogP contribution in [-0.4, -0.2) is 13.0 Å². The van der Waals surface area contributed by atoms with Crippen LogP contribution in [0.2, 0.25) is 0 Å². The van der Waals surface area contributed by atoms with Crippen molar-refractivity contribution in [2.45, 2.75) is 13.0 Å². The fraction of sp³-hybridized carbons (Fsp3) is 0.158. The number of carbonyl (C=O) groups excluding carboxylic acids is 1. The number of benzene rings is 2. The number of hydrogen-bond donors (Lipinski definition) is 1. The first-order chi connectivity index (χ1) is 11.7. The van der Waals surface area contributed by atoms with Crippen molar-refractivity contribution in [2.75, 3.05) is 7.11 Å². The molecule has 0 atom stereocenters. The van der Waals surface area contributed by atoms with Gasteiger partial charge in [-0.2, -0.15) is 0 Å². The molecule has 0 spiro atoms. The predicted molar refractivity (Wildman–Crippen MR) is 91.0 cm³/mol. The topological polar surface area (TPSA) is 68.5 Å². The van der Waals surface area contributed by atoms with Crippen molar-refractivity contribution < 1.29 is 13.9 Å². The highest BCUT2D eigenvalue weighted by Gasteiger charge is 2.10. The van der Waals surface area contributed by atoms with Crippen LogP contribution in [0, 0.1) is 0 Å². The summed E-state index contributed by atoms with van der Waals surface area (Å²) in [5.74, 6) is 0.534. The van der Waals surface area contributed by atoms with Crippen LogP contribution in [0.15, 0.2) is 63.8 Å². The maximum Gasteiger partial charge on any atom is 0.339 e. The van der Waals surface area contributed by atoms with E-state index in [1.807, 2.05) is 36.4 Å². The van der Waals surface area contributed by atoms with Crippen molar-refractivity contribution in [3.05, 3.63) is 76.1 Å². The third-order valence-corrected chi connectivity index (χ3v) is 3.71. The summed E-state index contributed by atoms with van der Waals surface area (Å²) in [5.41, 5.74) is 1.34. The number of nitrogens with one attached hydrogen (secondary N) is 1. The third-order valence-electron chi connectivity index (χ3n) is 3.71. The van der Waals surface area contributed by atoms with Gasteiger partial charge in [-0.15, -0.1) is 0 Å². The van der Waals surface area contributed by atoms with E-state index in [4.69, 9.17) is 9.15 Å². The second-order valence-corrected chi connectivity index (χ2v) is 5.40. The monoisotopic (exact) mass is 323 g/mol. The van der Waals surface area contributed by atoms with Crippen molar-refractivity contribution in [1.29, 1.82) is 0 Å². The number of ether oxygens (including phenoxy) is 1. The molecule has 1 heterocycles. The molecule has 0 saturated carbocycles. The molecule has 24 heavy (non-hydrogen) atoms. The van der Waals surface area contributed by atoms with Gasteiger partial charge in [0, 0.05) is 17.5 Å². The zero-order valence-electron chi connectivity index (χ0n) is 13.2. The summed E-state index contributed by atoms with van der Waals surface area (Å²) >= 11 is 0. The van der Waals surface area contributed by atoms with E-state index in [9.17, 15) is 9.59 Å². The van der Waals surface area contributed by atoms with Crippen LogP contribution in [0.1, 0.15) is 11.1 Å². The molecule has 2 aromatic carbocycles. The Kier molecular flexibility index (Phi) is 4.61. The molecule has 0 radical (unpaired) electrons. The number of amides is 1. The van der Waals surface area contributed by atoms with Crippen molar-refractivity contribution in [3.8, 4) is 5.75 Å². The molecule has 3 aromatic rings. The van der Waals surface area contributed by atoms with Crippen LogP contribution in [0.4, 0.5) is 0 Å². The summed E-state index contributed by atoms with van der Waals surface area (Å²) in [4.78, 5) is 24.0.